The van der Waals surface area contributed by atoms with E-state index in [9.17, 15) is 0 Å². The topological polar surface area (TPSA) is 31.4 Å². The summed E-state index contributed by atoms with van der Waals surface area (Å²) in [7, 11) is -0.105. The van der Waals surface area contributed by atoms with Gasteiger partial charge in [0.2, 0.25) is 0 Å². The predicted molar refractivity (Wildman–Crippen MR) is 71.4 cm³/mol. The first-order valence-electron chi connectivity index (χ1n) is 6.83. The maximum Gasteiger partial charge on any atom is 0.466 e. The Morgan fingerprint density at radius 3 is 2.89 bits per heavy atom. The number of hydrogen-bond donors (Lipinski definition) is 0. The molecule has 0 amide bonds. The van der Waals surface area contributed by atoms with Crippen molar-refractivity contribution in [2.24, 2.45) is 5.41 Å². The molecule has 4 heteroatoms. The van der Waals surface area contributed by atoms with Crippen LogP contribution in [-0.2, 0) is 15.7 Å². The molecule has 2 heterocycles. The Hall–Kier alpha value is -0.865. The van der Waals surface area contributed by atoms with Crippen molar-refractivity contribution in [1.29, 1.82) is 0 Å². The van der Waals surface area contributed by atoms with Gasteiger partial charge in [0.15, 0.2) is 0 Å². The molecule has 1 aliphatic heterocycles. The van der Waals surface area contributed by atoms with Gasteiger partial charge in [-0.05, 0) is 30.9 Å². The molecule has 0 radical (unpaired) electrons. The maximum absolute atomic E-state index is 5.93. The van der Waals surface area contributed by atoms with Gasteiger partial charge in [-0.3, -0.25) is 4.98 Å². The van der Waals surface area contributed by atoms with Crippen molar-refractivity contribution in [1.82, 2.24) is 4.98 Å². The molecule has 96 valence electrons. The van der Waals surface area contributed by atoms with Crippen LogP contribution in [0.2, 0.25) is 0 Å². The first-order valence-corrected chi connectivity index (χ1v) is 6.83. The summed E-state index contributed by atoms with van der Waals surface area (Å²) >= 11 is 0. The molecular weight excluding hydrogens is 225 g/mol. The van der Waals surface area contributed by atoms with E-state index in [4.69, 9.17) is 9.31 Å². The molecule has 1 saturated heterocycles. The summed E-state index contributed by atoms with van der Waals surface area (Å²) in [5, 5.41) is 0. The number of aryl methyl sites for hydroxylation is 1. The third kappa shape index (κ3) is 2.32. The van der Waals surface area contributed by atoms with Crippen LogP contribution in [-0.4, -0.2) is 25.3 Å². The van der Waals surface area contributed by atoms with Crippen LogP contribution in [0.3, 0.4) is 0 Å². The number of hydrogen-bond acceptors (Lipinski definition) is 3. The van der Waals surface area contributed by atoms with E-state index in [1.807, 2.05) is 12.3 Å². The Bertz CT molecular complexity index is 426. The fraction of sp³-hybridized carbons (Fsp3) is 0.643. The zero-order chi connectivity index (χ0) is 12.6. The van der Waals surface area contributed by atoms with Gasteiger partial charge in [-0.15, -0.1) is 0 Å². The zero-order valence-corrected chi connectivity index (χ0v) is 11.2. The van der Waals surface area contributed by atoms with Crippen LogP contribution in [0.15, 0.2) is 18.3 Å². The monoisotopic (exact) mass is 245 g/mol. The lowest BCUT2D eigenvalue weighted by Gasteiger charge is -2.37. The smallest absolute Gasteiger partial charge is 0.410 e. The lowest BCUT2D eigenvalue weighted by Crippen LogP contribution is -2.45. The van der Waals surface area contributed by atoms with Crippen molar-refractivity contribution in [3.8, 4) is 0 Å². The third-order valence-corrected chi connectivity index (χ3v) is 3.84. The van der Waals surface area contributed by atoms with Crippen LogP contribution < -0.4 is 0 Å². The second-order valence-corrected chi connectivity index (χ2v) is 6.20. The van der Waals surface area contributed by atoms with Crippen LogP contribution in [0.1, 0.15) is 43.8 Å². The number of fused-ring (bicyclic) bond motifs is 1. The number of aromatic nitrogens is 1. The van der Waals surface area contributed by atoms with E-state index >= 15 is 0 Å². The summed E-state index contributed by atoms with van der Waals surface area (Å²) < 4.78 is 11.9. The van der Waals surface area contributed by atoms with Gasteiger partial charge in [-0.25, -0.2) is 0 Å². The van der Waals surface area contributed by atoms with Gasteiger partial charge in [0.05, 0.1) is 0 Å². The second kappa shape index (κ2) is 4.67. The summed E-state index contributed by atoms with van der Waals surface area (Å²) in [6.45, 7) is 5.90. The van der Waals surface area contributed by atoms with Crippen LogP contribution >= 0.6 is 0 Å². The minimum atomic E-state index is -0.105. The molecule has 2 aliphatic rings. The van der Waals surface area contributed by atoms with Gasteiger partial charge in [0.25, 0.3) is 0 Å². The van der Waals surface area contributed by atoms with Gasteiger partial charge in [-0.1, -0.05) is 19.9 Å². The van der Waals surface area contributed by atoms with Crippen LogP contribution in [0, 0.1) is 5.41 Å². The highest BCUT2D eigenvalue weighted by Gasteiger charge is 2.40. The van der Waals surface area contributed by atoms with E-state index in [1.54, 1.807) is 0 Å². The number of pyridine rings is 1. The molecule has 0 spiro atoms. The Kier molecular flexibility index (Phi) is 3.16. The fourth-order valence-electron chi connectivity index (χ4n) is 2.85. The molecular formula is C14H20BNO2. The molecule has 1 aromatic heterocycles. The summed E-state index contributed by atoms with van der Waals surface area (Å²) in [4.78, 5) is 4.55. The first kappa shape index (κ1) is 12.2. The molecule has 18 heavy (non-hydrogen) atoms. The third-order valence-electron chi connectivity index (χ3n) is 3.84. The molecule has 1 unspecified atom stereocenters. The predicted octanol–water partition coefficient (Wildman–Crippen LogP) is 2.60. The normalized spacial score (nSPS) is 26.8. The van der Waals surface area contributed by atoms with Gasteiger partial charge in [0, 0.05) is 36.3 Å². The quantitative estimate of drug-likeness (QED) is 0.712. The van der Waals surface area contributed by atoms with Crippen LogP contribution in [0.4, 0.5) is 0 Å². The highest BCUT2D eigenvalue weighted by atomic mass is 16.6. The van der Waals surface area contributed by atoms with Crippen molar-refractivity contribution in [3.63, 3.8) is 0 Å². The molecule has 1 aliphatic carbocycles. The average molecular weight is 245 g/mol. The summed E-state index contributed by atoms with van der Waals surface area (Å²) in [6.07, 6.45) is 5.34. The maximum atomic E-state index is 5.93. The van der Waals surface area contributed by atoms with E-state index in [-0.39, 0.29) is 12.5 Å². The van der Waals surface area contributed by atoms with Crippen molar-refractivity contribution >= 4 is 7.12 Å². The van der Waals surface area contributed by atoms with E-state index in [2.05, 4.69) is 24.9 Å². The van der Waals surface area contributed by atoms with Crippen LogP contribution in [0.5, 0.6) is 0 Å². The molecule has 0 aromatic carbocycles. The Balaban J connectivity index is 1.78. The number of rotatable bonds is 1. The summed E-state index contributed by atoms with van der Waals surface area (Å²) in [6, 6.07) is 4.20. The van der Waals surface area contributed by atoms with Gasteiger partial charge in [-0.2, -0.15) is 0 Å². The Morgan fingerprint density at radius 1 is 1.33 bits per heavy atom. The molecule has 0 bridgehead atoms. The van der Waals surface area contributed by atoms with Crippen LogP contribution in [0.25, 0.3) is 0 Å². The van der Waals surface area contributed by atoms with E-state index in [1.165, 1.54) is 17.7 Å². The molecule has 3 nitrogen and oxygen atoms in total. The molecule has 1 aromatic rings. The highest BCUT2D eigenvalue weighted by Crippen LogP contribution is 2.35. The highest BCUT2D eigenvalue weighted by molar-refractivity contribution is 6.46. The molecule has 0 saturated carbocycles. The molecule has 1 atom stereocenters. The first-order chi connectivity index (χ1) is 8.66. The Labute approximate surface area is 109 Å². The largest absolute Gasteiger partial charge is 0.466 e. The average Bonchev–Trinajstić information content (AvgIpc) is 2.38. The van der Waals surface area contributed by atoms with Gasteiger partial charge in [0.1, 0.15) is 0 Å². The minimum absolute atomic E-state index is 0.105. The van der Waals surface area contributed by atoms with E-state index in [0.717, 1.165) is 26.1 Å². The molecule has 1 fully saturated rings. The standard InChI is InChI=1S/C14H20BNO2/c1-14(2)9-17-15(18-10-14)12-7-3-5-11-6-4-8-16-13(11)12/h4,6,8,12H,3,5,7,9-10H2,1-2H3. The zero-order valence-electron chi connectivity index (χ0n) is 11.2. The second-order valence-electron chi connectivity index (χ2n) is 6.20. The van der Waals surface area contributed by atoms with Gasteiger partial charge >= 0.3 is 7.12 Å². The molecule has 0 N–H and O–H groups in total. The number of nitrogens with zero attached hydrogens (tertiary/aromatic N) is 1. The fourth-order valence-corrected chi connectivity index (χ4v) is 2.85. The Morgan fingerprint density at radius 2 is 2.11 bits per heavy atom. The summed E-state index contributed by atoms with van der Waals surface area (Å²) in [5.41, 5.74) is 2.69. The SMILES string of the molecule is CC1(C)COB(C2CCCc3cccnc32)OC1. The lowest BCUT2D eigenvalue weighted by molar-refractivity contribution is 0.0233. The van der Waals surface area contributed by atoms with Gasteiger partial charge < -0.3 is 9.31 Å². The van der Waals surface area contributed by atoms with Crippen molar-refractivity contribution in [3.05, 3.63) is 29.6 Å². The van der Waals surface area contributed by atoms with E-state index < -0.39 is 0 Å². The van der Waals surface area contributed by atoms with Crippen molar-refractivity contribution in [2.45, 2.75) is 38.9 Å². The summed E-state index contributed by atoms with van der Waals surface area (Å²) in [5.74, 6) is 0.311. The van der Waals surface area contributed by atoms with Crippen molar-refractivity contribution in [2.75, 3.05) is 13.2 Å². The lowest BCUT2D eigenvalue weighted by atomic mass is 9.62. The van der Waals surface area contributed by atoms with E-state index in [0.29, 0.717) is 5.82 Å². The molecule has 3 rings (SSSR count). The minimum Gasteiger partial charge on any atom is -0.410 e. The van der Waals surface area contributed by atoms with Crippen molar-refractivity contribution < 1.29 is 9.31 Å².